The first-order valence-corrected chi connectivity index (χ1v) is 8.48. The van der Waals surface area contributed by atoms with Gasteiger partial charge in [-0.15, -0.1) is 23.1 Å². The van der Waals surface area contributed by atoms with Crippen molar-refractivity contribution in [3.8, 4) is 5.00 Å². The number of nitrogens with one attached hydrogen (secondary N) is 1. The molecule has 0 aliphatic carbocycles. The van der Waals surface area contributed by atoms with E-state index in [1.807, 2.05) is 30.8 Å². The lowest BCUT2D eigenvalue weighted by molar-refractivity contribution is 1.04. The van der Waals surface area contributed by atoms with Crippen LogP contribution in [0.1, 0.15) is 18.9 Å². The van der Waals surface area contributed by atoms with Crippen molar-refractivity contribution in [1.82, 2.24) is 9.55 Å². The number of imidazole rings is 1. The smallest absolute Gasteiger partial charge is 0.305 e. The standard InChI is InChI=1S/C15H16N2OS2/c1-3-6-19-11-4-5-12-13(8-11)17(15(18)16-12)14-7-10(2)9-20-14/h4-5,7-9H,3,6H2,1-2H3,(H,16,18). The zero-order valence-electron chi connectivity index (χ0n) is 11.5. The number of aromatic nitrogens is 2. The molecule has 5 heteroatoms. The summed E-state index contributed by atoms with van der Waals surface area (Å²) in [6, 6.07) is 8.21. The van der Waals surface area contributed by atoms with Gasteiger partial charge in [0.15, 0.2) is 0 Å². The van der Waals surface area contributed by atoms with Gasteiger partial charge in [-0.25, -0.2) is 4.79 Å². The van der Waals surface area contributed by atoms with E-state index in [0.717, 1.165) is 28.2 Å². The Morgan fingerprint density at radius 1 is 1.35 bits per heavy atom. The second kappa shape index (κ2) is 5.50. The van der Waals surface area contributed by atoms with E-state index in [-0.39, 0.29) is 5.69 Å². The number of rotatable bonds is 4. The number of H-pyrrole nitrogens is 1. The summed E-state index contributed by atoms with van der Waals surface area (Å²) in [6.45, 7) is 4.22. The summed E-state index contributed by atoms with van der Waals surface area (Å²) in [5.74, 6) is 1.10. The number of hydrogen-bond acceptors (Lipinski definition) is 3. The predicted octanol–water partition coefficient (Wildman–Crippen LogP) is 4.19. The van der Waals surface area contributed by atoms with Gasteiger partial charge in [0.05, 0.1) is 11.0 Å². The third-order valence-corrected chi connectivity index (χ3v) is 5.30. The highest BCUT2D eigenvalue weighted by atomic mass is 32.2. The molecule has 0 spiro atoms. The molecule has 1 N–H and O–H groups in total. The van der Waals surface area contributed by atoms with Crippen LogP contribution in [0.2, 0.25) is 0 Å². The van der Waals surface area contributed by atoms with Crippen LogP contribution < -0.4 is 5.69 Å². The number of aryl methyl sites for hydroxylation is 1. The van der Waals surface area contributed by atoms with Crippen molar-refractivity contribution in [3.05, 3.63) is 45.7 Å². The van der Waals surface area contributed by atoms with Crippen LogP contribution in [0.4, 0.5) is 0 Å². The molecule has 2 aromatic heterocycles. The fourth-order valence-electron chi connectivity index (χ4n) is 2.14. The Morgan fingerprint density at radius 2 is 2.20 bits per heavy atom. The van der Waals surface area contributed by atoms with Gasteiger partial charge in [0.25, 0.3) is 0 Å². The quantitative estimate of drug-likeness (QED) is 0.734. The van der Waals surface area contributed by atoms with Gasteiger partial charge >= 0.3 is 5.69 Å². The number of fused-ring (bicyclic) bond motifs is 1. The van der Waals surface area contributed by atoms with Crippen molar-refractivity contribution in [2.45, 2.75) is 25.2 Å². The van der Waals surface area contributed by atoms with Crippen molar-refractivity contribution in [2.24, 2.45) is 0 Å². The normalized spacial score (nSPS) is 11.3. The van der Waals surface area contributed by atoms with E-state index in [0.29, 0.717) is 0 Å². The first-order chi connectivity index (χ1) is 9.69. The molecule has 0 bridgehead atoms. The molecule has 0 saturated heterocycles. The minimum atomic E-state index is -0.0699. The van der Waals surface area contributed by atoms with E-state index in [9.17, 15) is 4.79 Å². The van der Waals surface area contributed by atoms with Gasteiger partial charge in [-0.2, -0.15) is 0 Å². The van der Waals surface area contributed by atoms with Crippen LogP contribution in [0, 0.1) is 6.92 Å². The van der Waals surface area contributed by atoms with E-state index in [1.54, 1.807) is 15.9 Å². The van der Waals surface area contributed by atoms with Crippen molar-refractivity contribution in [3.63, 3.8) is 0 Å². The second-order valence-electron chi connectivity index (χ2n) is 4.76. The van der Waals surface area contributed by atoms with E-state index in [4.69, 9.17) is 0 Å². The van der Waals surface area contributed by atoms with E-state index in [1.165, 1.54) is 10.5 Å². The molecule has 0 fully saturated rings. The van der Waals surface area contributed by atoms with Crippen LogP contribution >= 0.6 is 23.1 Å². The Bertz CT molecular complexity index is 798. The fraction of sp³-hybridized carbons (Fsp3) is 0.267. The number of nitrogens with zero attached hydrogens (tertiary/aromatic N) is 1. The van der Waals surface area contributed by atoms with E-state index >= 15 is 0 Å². The summed E-state index contributed by atoms with van der Waals surface area (Å²) in [6.07, 6.45) is 1.15. The summed E-state index contributed by atoms with van der Waals surface area (Å²) in [5, 5.41) is 3.03. The molecule has 3 aromatic rings. The molecule has 0 radical (unpaired) electrons. The Labute approximate surface area is 125 Å². The van der Waals surface area contributed by atoms with Gasteiger partial charge in [-0.05, 0) is 54.3 Å². The molecule has 0 amide bonds. The number of hydrogen-bond donors (Lipinski definition) is 1. The lowest BCUT2D eigenvalue weighted by atomic mass is 10.3. The summed E-state index contributed by atoms with van der Waals surface area (Å²) in [5.41, 5.74) is 2.96. The van der Waals surface area contributed by atoms with Crippen molar-refractivity contribution in [1.29, 1.82) is 0 Å². The summed E-state index contributed by atoms with van der Waals surface area (Å²) < 4.78 is 1.77. The molecule has 0 saturated carbocycles. The highest BCUT2D eigenvalue weighted by molar-refractivity contribution is 7.99. The lowest BCUT2D eigenvalue weighted by Gasteiger charge is -2.02. The van der Waals surface area contributed by atoms with Gasteiger partial charge in [-0.1, -0.05) is 6.92 Å². The average Bonchev–Trinajstić information content (AvgIpc) is 2.98. The van der Waals surface area contributed by atoms with Crippen molar-refractivity contribution < 1.29 is 0 Å². The Balaban J connectivity index is 2.15. The molecular formula is C15H16N2OS2. The zero-order valence-corrected chi connectivity index (χ0v) is 13.1. The van der Waals surface area contributed by atoms with Crippen LogP contribution in [0.3, 0.4) is 0 Å². The highest BCUT2D eigenvalue weighted by Crippen LogP contribution is 2.26. The van der Waals surface area contributed by atoms with Gasteiger partial charge in [0.2, 0.25) is 0 Å². The van der Waals surface area contributed by atoms with Gasteiger partial charge < -0.3 is 4.98 Å². The van der Waals surface area contributed by atoms with Crippen LogP contribution in [-0.2, 0) is 0 Å². The van der Waals surface area contributed by atoms with Crippen LogP contribution in [0.15, 0.2) is 39.3 Å². The van der Waals surface area contributed by atoms with Gasteiger partial charge in [-0.3, -0.25) is 4.57 Å². The lowest BCUT2D eigenvalue weighted by Crippen LogP contribution is -2.13. The third-order valence-electron chi connectivity index (χ3n) is 3.06. The van der Waals surface area contributed by atoms with Crippen molar-refractivity contribution >= 4 is 34.1 Å². The zero-order chi connectivity index (χ0) is 14.1. The largest absolute Gasteiger partial charge is 0.331 e. The summed E-state index contributed by atoms with van der Waals surface area (Å²) in [4.78, 5) is 16.3. The molecule has 104 valence electrons. The molecular weight excluding hydrogens is 288 g/mol. The molecule has 3 rings (SSSR count). The summed E-state index contributed by atoms with van der Waals surface area (Å²) in [7, 11) is 0. The van der Waals surface area contributed by atoms with Crippen LogP contribution in [-0.4, -0.2) is 15.3 Å². The average molecular weight is 304 g/mol. The van der Waals surface area contributed by atoms with E-state index in [2.05, 4.69) is 29.4 Å². The molecule has 0 atom stereocenters. The molecule has 20 heavy (non-hydrogen) atoms. The van der Waals surface area contributed by atoms with Gasteiger partial charge in [0, 0.05) is 4.90 Å². The predicted molar refractivity (Wildman–Crippen MR) is 87.5 cm³/mol. The number of benzene rings is 1. The van der Waals surface area contributed by atoms with Crippen molar-refractivity contribution in [2.75, 3.05) is 5.75 Å². The third kappa shape index (κ3) is 2.43. The van der Waals surface area contributed by atoms with E-state index < -0.39 is 0 Å². The SMILES string of the molecule is CCCSc1ccc2[nH]c(=O)n(-c3cc(C)cs3)c2c1. The van der Waals surface area contributed by atoms with Crippen LogP contribution in [0.25, 0.3) is 16.0 Å². The first kappa shape index (κ1) is 13.5. The molecule has 0 unspecified atom stereocenters. The number of thiophene rings is 1. The maximum absolute atomic E-state index is 12.2. The minimum absolute atomic E-state index is 0.0699. The molecule has 2 heterocycles. The monoisotopic (exact) mass is 304 g/mol. The molecule has 0 aliphatic rings. The number of thioether (sulfide) groups is 1. The van der Waals surface area contributed by atoms with Crippen LogP contribution in [0.5, 0.6) is 0 Å². The Kier molecular flexibility index (Phi) is 3.72. The highest BCUT2D eigenvalue weighted by Gasteiger charge is 2.11. The maximum atomic E-state index is 12.2. The summed E-state index contributed by atoms with van der Waals surface area (Å²) >= 11 is 3.42. The second-order valence-corrected chi connectivity index (χ2v) is 6.81. The molecule has 3 nitrogen and oxygen atoms in total. The Hall–Kier alpha value is -1.46. The topological polar surface area (TPSA) is 37.8 Å². The maximum Gasteiger partial charge on any atom is 0.331 e. The van der Waals surface area contributed by atoms with Gasteiger partial charge in [0.1, 0.15) is 5.00 Å². The molecule has 1 aromatic carbocycles. The fourth-order valence-corrected chi connectivity index (χ4v) is 3.86. The molecule has 0 aliphatic heterocycles. The minimum Gasteiger partial charge on any atom is -0.305 e. The first-order valence-electron chi connectivity index (χ1n) is 6.62. The Morgan fingerprint density at radius 3 is 2.90 bits per heavy atom. The number of aromatic amines is 1.